The van der Waals surface area contributed by atoms with Gasteiger partial charge in [0, 0.05) is 11.8 Å². The number of carbonyl (C=O) groups is 2. The zero-order chi connectivity index (χ0) is 14.5. The summed E-state index contributed by atoms with van der Waals surface area (Å²) in [6, 6.07) is 5.04. The highest BCUT2D eigenvalue weighted by Gasteiger charge is 2.22. The van der Waals surface area contributed by atoms with E-state index in [1.165, 1.54) is 17.5 Å². The van der Waals surface area contributed by atoms with E-state index in [1.54, 1.807) is 12.1 Å². The zero-order valence-corrected chi connectivity index (χ0v) is 11.0. The third-order valence-electron chi connectivity index (χ3n) is 2.57. The molecule has 0 radical (unpaired) electrons. The molecule has 1 aromatic carbocycles. The number of nitrogens with one attached hydrogen (secondary N) is 1. The van der Waals surface area contributed by atoms with Crippen LogP contribution in [0.1, 0.15) is 16.1 Å². The van der Waals surface area contributed by atoms with Crippen LogP contribution in [0.3, 0.4) is 0 Å². The molecule has 0 aliphatic heterocycles. The predicted molar refractivity (Wildman–Crippen MR) is 70.6 cm³/mol. The molecule has 1 aromatic heterocycles. The first-order valence-corrected chi connectivity index (χ1v) is 6.48. The van der Waals surface area contributed by atoms with Gasteiger partial charge in [-0.1, -0.05) is 16.6 Å². The molecule has 8 heteroatoms. The van der Waals surface area contributed by atoms with Crippen LogP contribution >= 0.6 is 11.5 Å². The van der Waals surface area contributed by atoms with Gasteiger partial charge in [-0.05, 0) is 29.2 Å². The molecule has 0 bridgehead atoms. The van der Waals surface area contributed by atoms with E-state index in [9.17, 15) is 14.7 Å². The maximum Gasteiger partial charge on any atom is 0.326 e. The van der Waals surface area contributed by atoms with Crippen molar-refractivity contribution in [1.29, 1.82) is 0 Å². The van der Waals surface area contributed by atoms with Crippen LogP contribution in [-0.2, 0) is 11.2 Å². The Kier molecular flexibility index (Phi) is 4.26. The van der Waals surface area contributed by atoms with Gasteiger partial charge in [0.2, 0.25) is 0 Å². The summed E-state index contributed by atoms with van der Waals surface area (Å²) in [6.07, 6.45) is 0.110. The fourth-order valence-electron chi connectivity index (χ4n) is 1.56. The largest absolute Gasteiger partial charge is 0.508 e. The maximum absolute atomic E-state index is 11.8. The first-order chi connectivity index (χ1) is 9.56. The van der Waals surface area contributed by atoms with E-state index in [0.717, 1.165) is 11.5 Å². The Labute approximate surface area is 118 Å². The van der Waals surface area contributed by atoms with E-state index in [-0.39, 0.29) is 17.9 Å². The number of hydrogen-bond donors (Lipinski definition) is 3. The molecular weight excluding hydrogens is 282 g/mol. The second-order valence-corrected chi connectivity index (χ2v) is 4.63. The highest BCUT2D eigenvalue weighted by Crippen LogP contribution is 2.11. The quantitative estimate of drug-likeness (QED) is 0.747. The molecule has 0 saturated heterocycles. The number of amides is 1. The van der Waals surface area contributed by atoms with Crippen LogP contribution in [-0.4, -0.2) is 37.7 Å². The number of aromatic nitrogens is 2. The minimum atomic E-state index is -1.14. The van der Waals surface area contributed by atoms with Crippen LogP contribution in [0, 0.1) is 0 Å². The van der Waals surface area contributed by atoms with Crippen molar-refractivity contribution in [3.8, 4) is 5.75 Å². The van der Waals surface area contributed by atoms with Gasteiger partial charge in [-0.2, -0.15) is 0 Å². The number of carboxylic acids is 1. The number of phenolic OH excluding ortho intramolecular Hbond substituents is 1. The molecule has 0 aliphatic carbocycles. The lowest BCUT2D eigenvalue weighted by Gasteiger charge is -2.13. The Hall–Kier alpha value is -2.48. The predicted octanol–water partition coefficient (Wildman–Crippen LogP) is 0.669. The van der Waals surface area contributed by atoms with E-state index in [2.05, 4.69) is 14.9 Å². The van der Waals surface area contributed by atoms with Crippen molar-refractivity contribution in [2.75, 3.05) is 0 Å². The first kappa shape index (κ1) is 13.9. The maximum atomic E-state index is 11.8. The highest BCUT2D eigenvalue weighted by molar-refractivity contribution is 7.03. The molecule has 3 N–H and O–H groups in total. The molecule has 2 rings (SSSR count). The molecule has 104 valence electrons. The number of aliphatic carboxylic acids is 1. The number of rotatable bonds is 5. The van der Waals surface area contributed by atoms with Gasteiger partial charge in [-0.25, -0.2) is 4.79 Å². The average molecular weight is 293 g/mol. The van der Waals surface area contributed by atoms with Crippen LogP contribution in [0.5, 0.6) is 5.75 Å². The van der Waals surface area contributed by atoms with Gasteiger partial charge >= 0.3 is 5.97 Å². The third kappa shape index (κ3) is 3.51. The minimum Gasteiger partial charge on any atom is -0.508 e. The number of hydrogen-bond acceptors (Lipinski definition) is 6. The molecule has 2 aromatic rings. The number of carbonyl (C=O) groups excluding carboxylic acids is 1. The Balaban J connectivity index is 2.06. The Morgan fingerprint density at radius 2 is 2.00 bits per heavy atom. The molecule has 0 aliphatic rings. The van der Waals surface area contributed by atoms with Gasteiger partial charge in [0.15, 0.2) is 5.69 Å². The molecular formula is C12H11N3O4S. The Morgan fingerprint density at radius 3 is 2.55 bits per heavy atom. The normalized spacial score (nSPS) is 11.8. The van der Waals surface area contributed by atoms with Gasteiger partial charge in [0.05, 0.1) is 0 Å². The van der Waals surface area contributed by atoms with Gasteiger partial charge < -0.3 is 15.5 Å². The first-order valence-electron chi connectivity index (χ1n) is 5.65. The number of carboxylic acid groups (broad SMARTS) is 1. The van der Waals surface area contributed by atoms with Crippen molar-refractivity contribution in [1.82, 2.24) is 14.9 Å². The summed E-state index contributed by atoms with van der Waals surface area (Å²) in [5.74, 6) is -1.63. The summed E-state index contributed by atoms with van der Waals surface area (Å²) in [6.45, 7) is 0. The third-order valence-corrected chi connectivity index (χ3v) is 3.08. The lowest BCUT2D eigenvalue weighted by molar-refractivity contribution is -0.139. The van der Waals surface area contributed by atoms with Gasteiger partial charge in [0.1, 0.15) is 11.8 Å². The number of phenols is 1. The van der Waals surface area contributed by atoms with Crippen molar-refractivity contribution in [3.63, 3.8) is 0 Å². The fraction of sp³-hybridized carbons (Fsp3) is 0.167. The van der Waals surface area contributed by atoms with Gasteiger partial charge in [-0.3, -0.25) is 4.79 Å². The summed E-state index contributed by atoms with van der Waals surface area (Å²) >= 11 is 1.01. The average Bonchev–Trinajstić information content (AvgIpc) is 2.94. The van der Waals surface area contributed by atoms with E-state index in [4.69, 9.17) is 5.11 Å². The topological polar surface area (TPSA) is 112 Å². The smallest absolute Gasteiger partial charge is 0.326 e. The van der Waals surface area contributed by atoms with Crippen molar-refractivity contribution >= 4 is 23.4 Å². The Morgan fingerprint density at radius 1 is 1.30 bits per heavy atom. The SMILES string of the molecule is O=C(NC(Cc1ccc(O)cc1)C(=O)O)c1csnn1. The summed E-state index contributed by atoms with van der Waals surface area (Å²) < 4.78 is 3.54. The zero-order valence-electron chi connectivity index (χ0n) is 10.2. The summed E-state index contributed by atoms with van der Waals surface area (Å²) in [7, 11) is 0. The number of benzene rings is 1. The molecule has 0 saturated carbocycles. The molecule has 1 amide bonds. The summed E-state index contributed by atoms with van der Waals surface area (Å²) in [4.78, 5) is 22.9. The summed E-state index contributed by atoms with van der Waals surface area (Å²) in [5.41, 5.74) is 0.777. The van der Waals surface area contributed by atoms with Crippen molar-refractivity contribution < 1.29 is 19.8 Å². The lowest BCUT2D eigenvalue weighted by Crippen LogP contribution is -2.42. The Bertz CT molecular complexity index is 598. The second kappa shape index (κ2) is 6.11. The van der Waals surface area contributed by atoms with Crippen molar-refractivity contribution in [2.45, 2.75) is 12.5 Å². The minimum absolute atomic E-state index is 0.0898. The monoisotopic (exact) mass is 293 g/mol. The standard InChI is InChI=1S/C12H11N3O4S/c16-8-3-1-7(2-4-8)5-9(12(18)19)13-11(17)10-6-20-15-14-10/h1-4,6,9,16H,5H2,(H,13,17)(H,18,19). The molecule has 20 heavy (non-hydrogen) atoms. The van der Waals surface area contributed by atoms with E-state index in [1.807, 2.05) is 0 Å². The van der Waals surface area contributed by atoms with Crippen molar-refractivity contribution in [3.05, 3.63) is 40.9 Å². The van der Waals surface area contributed by atoms with Gasteiger partial charge in [0.25, 0.3) is 5.91 Å². The molecule has 0 spiro atoms. The van der Waals surface area contributed by atoms with E-state index in [0.29, 0.717) is 5.56 Å². The second-order valence-electron chi connectivity index (χ2n) is 4.03. The molecule has 1 unspecified atom stereocenters. The molecule has 1 heterocycles. The molecule has 7 nitrogen and oxygen atoms in total. The molecule has 1 atom stereocenters. The van der Waals surface area contributed by atoms with Crippen molar-refractivity contribution in [2.24, 2.45) is 0 Å². The number of nitrogens with zero attached hydrogens (tertiary/aromatic N) is 2. The molecule has 0 fully saturated rings. The highest BCUT2D eigenvalue weighted by atomic mass is 32.1. The van der Waals surface area contributed by atoms with Crippen LogP contribution in [0.2, 0.25) is 0 Å². The number of aromatic hydroxyl groups is 1. The van der Waals surface area contributed by atoms with Gasteiger partial charge in [-0.15, -0.1) is 5.10 Å². The van der Waals surface area contributed by atoms with E-state index < -0.39 is 17.9 Å². The van der Waals surface area contributed by atoms with E-state index >= 15 is 0 Å². The summed E-state index contributed by atoms with van der Waals surface area (Å²) in [5, 5.41) is 25.7. The van der Waals surface area contributed by atoms with Crippen LogP contribution in [0.25, 0.3) is 0 Å². The fourth-order valence-corrected chi connectivity index (χ4v) is 2.00. The lowest BCUT2D eigenvalue weighted by atomic mass is 10.1. The van der Waals surface area contributed by atoms with Crippen LogP contribution in [0.4, 0.5) is 0 Å². The van der Waals surface area contributed by atoms with Crippen LogP contribution in [0.15, 0.2) is 29.6 Å². The van der Waals surface area contributed by atoms with Crippen LogP contribution < -0.4 is 5.32 Å².